The van der Waals surface area contributed by atoms with E-state index in [1.165, 1.54) is 0 Å². The van der Waals surface area contributed by atoms with Crippen LogP contribution in [0.25, 0.3) is 0 Å². The molecular formula is C18H19N3O3. The van der Waals surface area contributed by atoms with Gasteiger partial charge in [0.05, 0.1) is 23.6 Å². The second-order valence-corrected chi connectivity index (χ2v) is 5.70. The highest BCUT2D eigenvalue weighted by molar-refractivity contribution is 5.91. The van der Waals surface area contributed by atoms with E-state index in [2.05, 4.69) is 10.3 Å². The Balaban J connectivity index is 1.74. The van der Waals surface area contributed by atoms with Crippen molar-refractivity contribution in [3.05, 3.63) is 70.4 Å². The van der Waals surface area contributed by atoms with E-state index in [9.17, 15) is 4.79 Å². The minimum Gasteiger partial charge on any atom is -0.454 e. The highest BCUT2D eigenvalue weighted by atomic mass is 16.5. The third-order valence-electron chi connectivity index (χ3n) is 3.78. The summed E-state index contributed by atoms with van der Waals surface area (Å²) in [7, 11) is 0. The summed E-state index contributed by atoms with van der Waals surface area (Å²) in [5, 5.41) is 8.24. The molecule has 0 fully saturated rings. The first-order chi connectivity index (χ1) is 11.5. The molecule has 0 atom stereocenters. The van der Waals surface area contributed by atoms with E-state index in [0.29, 0.717) is 23.6 Å². The molecule has 124 valence electrons. The molecule has 0 saturated heterocycles. The summed E-state index contributed by atoms with van der Waals surface area (Å²) in [4.78, 5) is 12.4. The summed E-state index contributed by atoms with van der Waals surface area (Å²) in [6.07, 6.45) is 0. The number of nitrogens with zero attached hydrogens (tertiary/aromatic N) is 3. The molecule has 0 amide bonds. The fourth-order valence-electron chi connectivity index (χ4n) is 2.60. The number of esters is 1. The number of rotatable bonds is 5. The monoisotopic (exact) mass is 325 g/mol. The molecule has 0 aliphatic carbocycles. The molecule has 0 spiro atoms. The lowest BCUT2D eigenvalue weighted by atomic mass is 10.2. The van der Waals surface area contributed by atoms with Crippen molar-refractivity contribution >= 4 is 5.97 Å². The average molecular weight is 325 g/mol. The lowest BCUT2D eigenvalue weighted by Gasteiger charge is -2.06. The Morgan fingerprint density at radius 3 is 2.62 bits per heavy atom. The number of aryl methyl sites for hydroxylation is 2. The second kappa shape index (κ2) is 6.70. The van der Waals surface area contributed by atoms with Crippen LogP contribution in [0, 0.1) is 20.8 Å². The number of carbonyl (C=O) groups excluding carboxylic acids is 1. The van der Waals surface area contributed by atoms with Crippen LogP contribution in [0.1, 0.15) is 38.8 Å². The van der Waals surface area contributed by atoms with Gasteiger partial charge in [-0.25, -0.2) is 4.79 Å². The Labute approximate surface area is 140 Å². The molecule has 3 rings (SSSR count). The maximum absolute atomic E-state index is 12.4. The molecule has 2 heterocycles. The van der Waals surface area contributed by atoms with Gasteiger partial charge in [0.25, 0.3) is 0 Å². The largest absolute Gasteiger partial charge is 0.454 e. The molecule has 3 aromatic rings. The van der Waals surface area contributed by atoms with Crippen molar-refractivity contribution in [1.82, 2.24) is 14.9 Å². The molecule has 2 aromatic heterocycles. The minimum absolute atomic E-state index is 0.0580. The van der Waals surface area contributed by atoms with Crippen LogP contribution in [0.5, 0.6) is 0 Å². The van der Waals surface area contributed by atoms with Crippen LogP contribution in [0.3, 0.4) is 0 Å². The number of hydrogen-bond acceptors (Lipinski definition) is 5. The van der Waals surface area contributed by atoms with E-state index in [4.69, 9.17) is 9.26 Å². The van der Waals surface area contributed by atoms with Crippen LogP contribution in [0.4, 0.5) is 0 Å². The number of aromatic nitrogens is 3. The summed E-state index contributed by atoms with van der Waals surface area (Å²) in [6, 6.07) is 11.7. The van der Waals surface area contributed by atoms with E-state index < -0.39 is 5.97 Å². The third-order valence-corrected chi connectivity index (χ3v) is 3.78. The molecular weight excluding hydrogens is 306 g/mol. The van der Waals surface area contributed by atoms with Gasteiger partial charge in [0.1, 0.15) is 5.56 Å². The zero-order valence-electron chi connectivity index (χ0n) is 13.9. The van der Waals surface area contributed by atoms with Crippen LogP contribution in [0.15, 0.2) is 40.9 Å². The summed E-state index contributed by atoms with van der Waals surface area (Å²) in [6.45, 7) is 6.17. The summed E-state index contributed by atoms with van der Waals surface area (Å²) < 4.78 is 12.2. The first-order valence-corrected chi connectivity index (χ1v) is 7.72. The van der Waals surface area contributed by atoms with Crippen LogP contribution >= 0.6 is 0 Å². The van der Waals surface area contributed by atoms with E-state index >= 15 is 0 Å². The van der Waals surface area contributed by atoms with Crippen molar-refractivity contribution in [2.45, 2.75) is 33.9 Å². The van der Waals surface area contributed by atoms with Gasteiger partial charge < -0.3 is 9.26 Å². The first-order valence-electron chi connectivity index (χ1n) is 7.72. The molecule has 0 saturated carbocycles. The van der Waals surface area contributed by atoms with Gasteiger partial charge in [-0.1, -0.05) is 35.5 Å². The Bertz CT molecular complexity index is 850. The number of hydrogen-bond donors (Lipinski definition) is 0. The van der Waals surface area contributed by atoms with Gasteiger partial charge in [0.15, 0.2) is 12.4 Å². The quantitative estimate of drug-likeness (QED) is 0.674. The molecule has 0 radical (unpaired) electrons. The van der Waals surface area contributed by atoms with Crippen LogP contribution < -0.4 is 0 Å². The van der Waals surface area contributed by atoms with Gasteiger partial charge in [-0.05, 0) is 26.3 Å². The Morgan fingerprint density at radius 1 is 1.21 bits per heavy atom. The standard InChI is InChI=1S/C18H19N3O3/c1-12-9-16(24-20-12)11-23-18(22)17-13(2)19-21(14(17)3)10-15-7-5-4-6-8-15/h4-9H,10-11H2,1-3H3. The Hall–Kier alpha value is -2.89. The van der Waals surface area contributed by atoms with Crippen molar-refractivity contribution in [2.75, 3.05) is 0 Å². The van der Waals surface area contributed by atoms with Crippen LogP contribution in [-0.4, -0.2) is 20.9 Å². The van der Waals surface area contributed by atoms with Crippen molar-refractivity contribution in [1.29, 1.82) is 0 Å². The molecule has 0 aliphatic heterocycles. The van der Waals surface area contributed by atoms with Gasteiger partial charge in [-0.3, -0.25) is 4.68 Å². The van der Waals surface area contributed by atoms with Crippen molar-refractivity contribution in [2.24, 2.45) is 0 Å². The second-order valence-electron chi connectivity index (χ2n) is 5.70. The van der Waals surface area contributed by atoms with E-state index in [0.717, 1.165) is 17.0 Å². The van der Waals surface area contributed by atoms with Crippen LogP contribution in [-0.2, 0) is 17.9 Å². The lowest BCUT2D eigenvalue weighted by Crippen LogP contribution is -2.09. The summed E-state index contributed by atoms with van der Waals surface area (Å²) >= 11 is 0. The smallest absolute Gasteiger partial charge is 0.342 e. The fraction of sp³-hybridized carbons (Fsp3) is 0.278. The van der Waals surface area contributed by atoms with Gasteiger partial charge >= 0.3 is 5.97 Å². The first kappa shape index (κ1) is 16.0. The molecule has 1 aromatic carbocycles. The van der Waals surface area contributed by atoms with Crippen LogP contribution in [0.2, 0.25) is 0 Å². The molecule has 6 heteroatoms. The average Bonchev–Trinajstić information content (AvgIpc) is 3.10. The topological polar surface area (TPSA) is 70.2 Å². The molecule has 0 aliphatic rings. The maximum Gasteiger partial charge on any atom is 0.342 e. The summed E-state index contributed by atoms with van der Waals surface area (Å²) in [5.74, 6) is 0.117. The normalized spacial score (nSPS) is 10.8. The van der Waals surface area contributed by atoms with E-state index in [1.807, 2.05) is 55.8 Å². The zero-order chi connectivity index (χ0) is 17.1. The van der Waals surface area contributed by atoms with Gasteiger partial charge in [0.2, 0.25) is 0 Å². The van der Waals surface area contributed by atoms with Gasteiger partial charge in [-0.2, -0.15) is 5.10 Å². The SMILES string of the molecule is Cc1cc(COC(=O)c2c(C)nn(Cc3ccccc3)c2C)on1. The van der Waals surface area contributed by atoms with Gasteiger partial charge in [-0.15, -0.1) is 0 Å². The summed E-state index contributed by atoms with van der Waals surface area (Å²) in [5.41, 5.74) is 3.82. The predicted molar refractivity (Wildman–Crippen MR) is 87.6 cm³/mol. The molecule has 6 nitrogen and oxygen atoms in total. The predicted octanol–water partition coefficient (Wildman–Crippen LogP) is 3.20. The molecule has 24 heavy (non-hydrogen) atoms. The Morgan fingerprint density at radius 2 is 1.96 bits per heavy atom. The van der Waals surface area contributed by atoms with Crippen molar-refractivity contribution in [3.63, 3.8) is 0 Å². The molecule has 0 unspecified atom stereocenters. The zero-order valence-corrected chi connectivity index (χ0v) is 13.9. The van der Waals surface area contributed by atoms with Crippen molar-refractivity contribution in [3.8, 4) is 0 Å². The van der Waals surface area contributed by atoms with E-state index in [1.54, 1.807) is 6.07 Å². The third kappa shape index (κ3) is 3.37. The van der Waals surface area contributed by atoms with E-state index in [-0.39, 0.29) is 6.61 Å². The fourth-order valence-corrected chi connectivity index (χ4v) is 2.60. The minimum atomic E-state index is -0.404. The lowest BCUT2D eigenvalue weighted by molar-refractivity contribution is 0.0435. The molecule has 0 bridgehead atoms. The highest BCUT2D eigenvalue weighted by Gasteiger charge is 2.20. The highest BCUT2D eigenvalue weighted by Crippen LogP contribution is 2.17. The van der Waals surface area contributed by atoms with Gasteiger partial charge in [0, 0.05) is 6.07 Å². The number of ether oxygens (including phenoxy) is 1. The van der Waals surface area contributed by atoms with Crippen molar-refractivity contribution < 1.29 is 14.1 Å². The number of carbonyl (C=O) groups is 1. The Kier molecular flexibility index (Phi) is 4.46. The number of benzene rings is 1. The maximum atomic E-state index is 12.4. The molecule has 0 N–H and O–H groups in total.